The second-order valence-corrected chi connectivity index (χ2v) is 5.20. The number of hydrogen-bond donors (Lipinski definition) is 3. The quantitative estimate of drug-likeness (QED) is 0.811. The van der Waals surface area contributed by atoms with Crippen LogP contribution >= 0.6 is 0 Å². The zero-order valence-electron chi connectivity index (χ0n) is 11.7. The molecule has 0 radical (unpaired) electrons. The van der Waals surface area contributed by atoms with Crippen LogP contribution in [0.5, 0.6) is 5.75 Å². The van der Waals surface area contributed by atoms with Gasteiger partial charge in [-0.05, 0) is 24.1 Å². The van der Waals surface area contributed by atoms with Crippen LogP contribution in [-0.4, -0.2) is 17.6 Å². The van der Waals surface area contributed by atoms with Crippen LogP contribution in [0.4, 0.5) is 5.69 Å². The molecule has 0 aliphatic carbocycles. The Morgan fingerprint density at radius 1 is 1.19 bits per heavy atom. The summed E-state index contributed by atoms with van der Waals surface area (Å²) in [6, 6.07) is 15.0. The Kier molecular flexibility index (Phi) is 3.77. The monoisotopic (exact) mass is 282 g/mol. The molecule has 4 heteroatoms. The fourth-order valence-corrected chi connectivity index (χ4v) is 2.71. The van der Waals surface area contributed by atoms with Gasteiger partial charge < -0.3 is 15.7 Å². The molecule has 0 saturated carbocycles. The number of hydrogen-bond acceptors (Lipinski definition) is 3. The van der Waals surface area contributed by atoms with E-state index in [1.807, 2.05) is 36.4 Å². The van der Waals surface area contributed by atoms with E-state index in [4.69, 9.17) is 0 Å². The molecule has 0 saturated heterocycles. The number of amides is 1. The molecule has 1 aliphatic heterocycles. The Bertz CT molecular complexity index is 655. The van der Waals surface area contributed by atoms with E-state index in [2.05, 4.69) is 10.6 Å². The molecule has 1 heterocycles. The van der Waals surface area contributed by atoms with E-state index in [0.717, 1.165) is 29.8 Å². The van der Waals surface area contributed by atoms with Crippen molar-refractivity contribution < 1.29 is 9.90 Å². The molecule has 3 rings (SSSR count). The number of anilines is 1. The van der Waals surface area contributed by atoms with E-state index < -0.39 is 0 Å². The van der Waals surface area contributed by atoms with Gasteiger partial charge in [0.2, 0.25) is 5.91 Å². The Hall–Kier alpha value is -2.49. The third kappa shape index (κ3) is 2.84. The molecule has 0 bridgehead atoms. The first-order valence-corrected chi connectivity index (χ1v) is 7.13. The molecule has 2 aromatic carbocycles. The number of fused-ring (bicyclic) bond motifs is 1. The highest BCUT2D eigenvalue weighted by molar-refractivity contribution is 5.86. The lowest BCUT2D eigenvalue weighted by molar-refractivity contribution is -0.122. The molecule has 3 N–H and O–H groups in total. The van der Waals surface area contributed by atoms with Crippen molar-refractivity contribution in [3.63, 3.8) is 0 Å². The van der Waals surface area contributed by atoms with Crippen LogP contribution in [-0.2, 0) is 11.3 Å². The predicted molar refractivity (Wildman–Crippen MR) is 82.2 cm³/mol. The Balaban J connectivity index is 1.71. The van der Waals surface area contributed by atoms with Crippen LogP contribution in [0, 0.1) is 0 Å². The number of carbonyl (C=O) groups is 1. The third-order valence-corrected chi connectivity index (χ3v) is 3.85. The van der Waals surface area contributed by atoms with Gasteiger partial charge in [-0.2, -0.15) is 0 Å². The summed E-state index contributed by atoms with van der Waals surface area (Å²) in [7, 11) is 0. The Labute approximate surface area is 123 Å². The average molecular weight is 282 g/mol. The molecule has 0 fully saturated rings. The van der Waals surface area contributed by atoms with Gasteiger partial charge in [-0.25, -0.2) is 0 Å². The summed E-state index contributed by atoms with van der Waals surface area (Å²) >= 11 is 0. The molecule has 0 spiro atoms. The van der Waals surface area contributed by atoms with Gasteiger partial charge in [0.1, 0.15) is 5.75 Å². The smallest absolute Gasteiger partial charge is 0.227 e. The molecule has 4 nitrogen and oxygen atoms in total. The number of carbonyl (C=O) groups excluding carboxylic acids is 1. The third-order valence-electron chi connectivity index (χ3n) is 3.85. The summed E-state index contributed by atoms with van der Waals surface area (Å²) in [5.74, 6) is 0.0871. The van der Waals surface area contributed by atoms with E-state index in [0.29, 0.717) is 6.54 Å². The molecular formula is C17H18N2O2. The zero-order valence-corrected chi connectivity index (χ0v) is 11.7. The maximum Gasteiger partial charge on any atom is 0.227 e. The van der Waals surface area contributed by atoms with E-state index in [9.17, 15) is 9.90 Å². The second kappa shape index (κ2) is 5.87. The van der Waals surface area contributed by atoms with E-state index >= 15 is 0 Å². The molecule has 21 heavy (non-hydrogen) atoms. The number of phenolic OH excluding ortho intramolecular Hbond substituents is 1. The van der Waals surface area contributed by atoms with Gasteiger partial charge in [-0.1, -0.05) is 36.4 Å². The van der Waals surface area contributed by atoms with Gasteiger partial charge in [-0.15, -0.1) is 0 Å². The summed E-state index contributed by atoms with van der Waals surface area (Å²) in [6.45, 7) is 1.14. The van der Waals surface area contributed by atoms with Crippen molar-refractivity contribution in [2.24, 2.45) is 0 Å². The minimum absolute atomic E-state index is 0.00667. The summed E-state index contributed by atoms with van der Waals surface area (Å²) in [6.07, 6.45) is 0.781. The van der Waals surface area contributed by atoms with Gasteiger partial charge in [-0.3, -0.25) is 4.79 Å². The number of nitrogens with one attached hydrogen (secondary N) is 2. The molecular weight excluding hydrogens is 264 g/mol. The van der Waals surface area contributed by atoms with Gasteiger partial charge in [0.25, 0.3) is 0 Å². The van der Waals surface area contributed by atoms with Crippen molar-refractivity contribution in [3.05, 3.63) is 59.7 Å². The van der Waals surface area contributed by atoms with Crippen molar-refractivity contribution in [2.45, 2.75) is 18.9 Å². The number of rotatable bonds is 3. The average Bonchev–Trinajstić information content (AvgIpc) is 2.53. The van der Waals surface area contributed by atoms with Gasteiger partial charge in [0, 0.05) is 24.3 Å². The molecule has 2 aromatic rings. The zero-order chi connectivity index (χ0) is 14.7. The highest BCUT2D eigenvalue weighted by Crippen LogP contribution is 2.31. The molecule has 1 amide bonds. The van der Waals surface area contributed by atoms with Crippen LogP contribution in [0.2, 0.25) is 0 Å². The first-order valence-electron chi connectivity index (χ1n) is 7.13. The lowest BCUT2D eigenvalue weighted by Gasteiger charge is -2.25. The normalized spacial score (nSPS) is 16.7. The van der Waals surface area contributed by atoms with Crippen LogP contribution in [0.3, 0.4) is 0 Å². The number of benzene rings is 2. The standard InChI is InChI=1S/C17H18N2O2/c20-16-8-4-1-5-12(16)11-19-17(21)14-9-10-18-15-7-3-2-6-13(14)15/h1-8,14,18,20H,9-11H2,(H,19,21). The van der Waals surface area contributed by atoms with Crippen LogP contribution < -0.4 is 10.6 Å². The van der Waals surface area contributed by atoms with Crippen molar-refractivity contribution in [3.8, 4) is 5.75 Å². The van der Waals surface area contributed by atoms with E-state index in [-0.39, 0.29) is 17.6 Å². The molecule has 108 valence electrons. The Morgan fingerprint density at radius 3 is 2.81 bits per heavy atom. The van der Waals surface area contributed by atoms with Gasteiger partial charge >= 0.3 is 0 Å². The first kappa shape index (κ1) is 13.5. The SMILES string of the molecule is O=C(NCc1ccccc1O)C1CCNc2ccccc21. The predicted octanol–water partition coefficient (Wildman–Crippen LogP) is 2.61. The summed E-state index contributed by atoms with van der Waals surface area (Å²) < 4.78 is 0. The van der Waals surface area contributed by atoms with E-state index in [1.165, 1.54) is 0 Å². The summed E-state index contributed by atoms with van der Waals surface area (Å²) in [4.78, 5) is 12.4. The van der Waals surface area contributed by atoms with E-state index in [1.54, 1.807) is 12.1 Å². The number of phenols is 1. The number of para-hydroxylation sites is 2. The lowest BCUT2D eigenvalue weighted by Crippen LogP contribution is -2.32. The minimum Gasteiger partial charge on any atom is -0.508 e. The summed E-state index contributed by atoms with van der Waals surface area (Å²) in [5, 5.41) is 16.0. The second-order valence-electron chi connectivity index (χ2n) is 5.20. The lowest BCUT2D eigenvalue weighted by atomic mass is 9.90. The maximum absolute atomic E-state index is 12.4. The minimum atomic E-state index is -0.131. The summed E-state index contributed by atoms with van der Waals surface area (Å²) in [5.41, 5.74) is 2.80. The molecule has 0 aromatic heterocycles. The topological polar surface area (TPSA) is 61.4 Å². The van der Waals surface area contributed by atoms with Crippen molar-refractivity contribution in [1.82, 2.24) is 5.32 Å². The van der Waals surface area contributed by atoms with Crippen molar-refractivity contribution >= 4 is 11.6 Å². The van der Waals surface area contributed by atoms with Crippen LogP contribution in [0.25, 0.3) is 0 Å². The fourth-order valence-electron chi connectivity index (χ4n) is 2.71. The first-order chi connectivity index (χ1) is 10.3. The largest absolute Gasteiger partial charge is 0.508 e. The highest BCUT2D eigenvalue weighted by atomic mass is 16.3. The van der Waals surface area contributed by atoms with Crippen molar-refractivity contribution in [2.75, 3.05) is 11.9 Å². The Morgan fingerprint density at radius 2 is 1.95 bits per heavy atom. The van der Waals surface area contributed by atoms with Gasteiger partial charge in [0.05, 0.1) is 5.92 Å². The van der Waals surface area contributed by atoms with Crippen molar-refractivity contribution in [1.29, 1.82) is 0 Å². The fraction of sp³-hybridized carbons (Fsp3) is 0.235. The van der Waals surface area contributed by atoms with Crippen LogP contribution in [0.1, 0.15) is 23.5 Å². The van der Waals surface area contributed by atoms with Gasteiger partial charge in [0.15, 0.2) is 0 Å². The molecule has 1 unspecified atom stereocenters. The molecule has 1 atom stereocenters. The van der Waals surface area contributed by atoms with Crippen LogP contribution in [0.15, 0.2) is 48.5 Å². The highest BCUT2D eigenvalue weighted by Gasteiger charge is 2.25. The maximum atomic E-state index is 12.4. The number of aromatic hydroxyl groups is 1. The molecule has 1 aliphatic rings.